The molecule has 3 aromatic rings. The van der Waals surface area contributed by atoms with Gasteiger partial charge in [-0.15, -0.1) is 0 Å². The number of carbonyl (C=O) groups excluding carboxylic acids is 2. The molecule has 0 aliphatic rings. The number of hydrogen-bond acceptors (Lipinski definition) is 2. The van der Waals surface area contributed by atoms with Crippen LogP contribution in [0.15, 0.2) is 78.9 Å². The van der Waals surface area contributed by atoms with Crippen molar-refractivity contribution in [2.45, 2.75) is 26.2 Å². The van der Waals surface area contributed by atoms with Crippen molar-refractivity contribution >= 4 is 17.5 Å². The van der Waals surface area contributed by atoms with E-state index in [0.29, 0.717) is 0 Å². The number of anilines is 1. The maximum Gasteiger partial charge on any atom is 0.232 e. The van der Waals surface area contributed by atoms with Gasteiger partial charge in [-0.3, -0.25) is 9.59 Å². The van der Waals surface area contributed by atoms with Gasteiger partial charge in [-0.05, 0) is 48.2 Å². The molecule has 4 nitrogen and oxygen atoms in total. The Morgan fingerprint density at radius 3 is 1.93 bits per heavy atom. The molecule has 4 heteroatoms. The summed E-state index contributed by atoms with van der Waals surface area (Å²) in [5, 5.41) is 5.80. The molecular weight excluding hydrogens is 360 g/mol. The zero-order chi connectivity index (χ0) is 20.6. The molecule has 0 bridgehead atoms. The zero-order valence-corrected chi connectivity index (χ0v) is 16.8. The molecule has 0 saturated heterocycles. The highest BCUT2D eigenvalue weighted by Crippen LogP contribution is 2.24. The Bertz CT molecular complexity index is 929. The predicted octanol–water partition coefficient (Wildman–Crippen LogP) is 4.58. The van der Waals surface area contributed by atoms with Gasteiger partial charge in [0.2, 0.25) is 11.8 Å². The first kappa shape index (κ1) is 20.3. The highest BCUT2D eigenvalue weighted by molar-refractivity contribution is 5.92. The molecule has 0 saturated carbocycles. The minimum absolute atomic E-state index is 0.110. The molecule has 0 fully saturated rings. The van der Waals surface area contributed by atoms with Gasteiger partial charge in [0.25, 0.3) is 0 Å². The number of amides is 2. The summed E-state index contributed by atoms with van der Waals surface area (Å²) in [4.78, 5) is 25.2. The fraction of sp³-hybridized carbons (Fsp3) is 0.200. The van der Waals surface area contributed by atoms with Crippen LogP contribution in [0.1, 0.15) is 34.6 Å². The maximum absolute atomic E-state index is 12.9. The first-order chi connectivity index (χ1) is 14.0. The van der Waals surface area contributed by atoms with Crippen LogP contribution in [0.2, 0.25) is 0 Å². The predicted molar refractivity (Wildman–Crippen MR) is 117 cm³/mol. The molecule has 2 N–H and O–H groups in total. The summed E-state index contributed by atoms with van der Waals surface area (Å²) in [5.41, 5.74) is 4.94. The lowest BCUT2D eigenvalue weighted by molar-refractivity contribution is -0.121. The van der Waals surface area contributed by atoms with Crippen molar-refractivity contribution < 1.29 is 9.59 Å². The fourth-order valence-electron chi connectivity index (χ4n) is 3.23. The molecule has 0 aromatic heterocycles. The number of carbonyl (C=O) groups is 2. The van der Waals surface area contributed by atoms with Gasteiger partial charge in [0.15, 0.2) is 0 Å². The van der Waals surface area contributed by atoms with Crippen LogP contribution in [-0.4, -0.2) is 18.4 Å². The third-order valence-corrected chi connectivity index (χ3v) is 4.97. The minimum atomic E-state index is -0.403. The molecule has 3 aromatic carbocycles. The van der Waals surface area contributed by atoms with Crippen LogP contribution in [0.4, 0.5) is 5.69 Å². The molecule has 2 amide bonds. The van der Waals surface area contributed by atoms with Gasteiger partial charge in [-0.25, -0.2) is 0 Å². The second kappa shape index (κ2) is 9.69. The lowest BCUT2D eigenvalue weighted by Crippen LogP contribution is -2.32. The van der Waals surface area contributed by atoms with Gasteiger partial charge < -0.3 is 10.6 Å². The Balaban J connectivity index is 1.60. The van der Waals surface area contributed by atoms with Crippen LogP contribution < -0.4 is 10.6 Å². The fourth-order valence-corrected chi connectivity index (χ4v) is 3.23. The van der Waals surface area contributed by atoms with Gasteiger partial charge in [0.1, 0.15) is 0 Å². The molecule has 3 rings (SSSR count). The Hall–Kier alpha value is -3.40. The third kappa shape index (κ3) is 5.55. The monoisotopic (exact) mass is 386 g/mol. The van der Waals surface area contributed by atoms with E-state index in [1.54, 1.807) is 0 Å². The van der Waals surface area contributed by atoms with Gasteiger partial charge in [0.05, 0.1) is 5.92 Å². The Morgan fingerprint density at radius 2 is 1.38 bits per heavy atom. The zero-order valence-electron chi connectivity index (χ0n) is 16.8. The molecule has 148 valence electrons. The quantitative estimate of drug-likeness (QED) is 0.624. The molecule has 0 heterocycles. The Morgan fingerprint density at radius 1 is 0.793 bits per heavy atom. The minimum Gasteiger partial charge on any atom is -0.355 e. The largest absolute Gasteiger partial charge is 0.355 e. The molecule has 0 atom stereocenters. The number of aryl methyl sites for hydroxylation is 2. The van der Waals surface area contributed by atoms with E-state index in [1.165, 1.54) is 5.56 Å². The van der Waals surface area contributed by atoms with Crippen molar-refractivity contribution in [2.75, 3.05) is 11.9 Å². The molecule has 0 spiro atoms. The van der Waals surface area contributed by atoms with E-state index in [-0.39, 0.29) is 24.8 Å². The molecule has 0 aliphatic heterocycles. The van der Waals surface area contributed by atoms with E-state index < -0.39 is 5.92 Å². The van der Waals surface area contributed by atoms with Crippen LogP contribution >= 0.6 is 0 Å². The number of hydrogen-bond donors (Lipinski definition) is 2. The Labute approximate surface area is 172 Å². The van der Waals surface area contributed by atoms with Crippen molar-refractivity contribution in [2.24, 2.45) is 0 Å². The van der Waals surface area contributed by atoms with Crippen LogP contribution in [0.25, 0.3) is 0 Å². The third-order valence-electron chi connectivity index (χ3n) is 4.97. The first-order valence-corrected chi connectivity index (χ1v) is 9.79. The average molecular weight is 386 g/mol. The highest BCUT2D eigenvalue weighted by Gasteiger charge is 2.22. The second-order valence-electron chi connectivity index (χ2n) is 7.14. The Kier molecular flexibility index (Phi) is 6.80. The van der Waals surface area contributed by atoms with Gasteiger partial charge in [-0.1, -0.05) is 66.7 Å². The topological polar surface area (TPSA) is 58.2 Å². The van der Waals surface area contributed by atoms with Crippen molar-refractivity contribution in [3.63, 3.8) is 0 Å². The normalized spacial score (nSPS) is 10.6. The van der Waals surface area contributed by atoms with E-state index >= 15 is 0 Å². The standard InChI is InChI=1S/C25H26N2O2/c1-18-13-14-22(17-19(18)2)27-23(28)15-16-26-25(29)24(20-9-5-3-6-10-20)21-11-7-4-8-12-21/h3-14,17,24H,15-16H2,1-2H3,(H,26,29)(H,27,28). The van der Waals surface area contributed by atoms with Crippen LogP contribution in [-0.2, 0) is 9.59 Å². The van der Waals surface area contributed by atoms with Crippen molar-refractivity contribution in [1.29, 1.82) is 0 Å². The second-order valence-corrected chi connectivity index (χ2v) is 7.14. The smallest absolute Gasteiger partial charge is 0.232 e. The number of benzene rings is 3. The highest BCUT2D eigenvalue weighted by atomic mass is 16.2. The van der Waals surface area contributed by atoms with Crippen LogP contribution in [0.5, 0.6) is 0 Å². The summed E-state index contributed by atoms with van der Waals surface area (Å²) >= 11 is 0. The van der Waals surface area contributed by atoms with Gasteiger partial charge >= 0.3 is 0 Å². The molecular formula is C25H26N2O2. The van der Waals surface area contributed by atoms with E-state index in [4.69, 9.17) is 0 Å². The molecule has 0 aliphatic carbocycles. The number of nitrogens with one attached hydrogen (secondary N) is 2. The van der Waals surface area contributed by atoms with Crippen LogP contribution in [0, 0.1) is 13.8 Å². The molecule has 29 heavy (non-hydrogen) atoms. The van der Waals surface area contributed by atoms with Crippen molar-refractivity contribution in [3.8, 4) is 0 Å². The van der Waals surface area contributed by atoms with Gasteiger partial charge in [0, 0.05) is 18.7 Å². The van der Waals surface area contributed by atoms with Crippen LogP contribution in [0.3, 0.4) is 0 Å². The van der Waals surface area contributed by atoms with E-state index in [0.717, 1.165) is 22.4 Å². The lowest BCUT2D eigenvalue weighted by Gasteiger charge is -2.18. The maximum atomic E-state index is 12.9. The summed E-state index contributed by atoms with van der Waals surface area (Å²) in [5.74, 6) is -0.633. The lowest BCUT2D eigenvalue weighted by atomic mass is 9.90. The summed E-state index contributed by atoms with van der Waals surface area (Å²) in [6.07, 6.45) is 0.217. The van der Waals surface area contributed by atoms with Gasteiger partial charge in [-0.2, -0.15) is 0 Å². The summed E-state index contributed by atoms with van der Waals surface area (Å²) in [6, 6.07) is 25.2. The van der Waals surface area contributed by atoms with E-state index in [2.05, 4.69) is 10.6 Å². The molecule has 0 radical (unpaired) electrons. The summed E-state index contributed by atoms with van der Waals surface area (Å²) < 4.78 is 0. The van der Waals surface area contributed by atoms with E-state index in [9.17, 15) is 9.59 Å². The van der Waals surface area contributed by atoms with E-state index in [1.807, 2.05) is 92.7 Å². The summed E-state index contributed by atoms with van der Waals surface area (Å²) in [6.45, 7) is 4.33. The first-order valence-electron chi connectivity index (χ1n) is 9.79. The van der Waals surface area contributed by atoms with Crippen molar-refractivity contribution in [3.05, 3.63) is 101 Å². The van der Waals surface area contributed by atoms with Crippen molar-refractivity contribution in [1.82, 2.24) is 5.32 Å². The summed E-state index contributed by atoms with van der Waals surface area (Å²) in [7, 11) is 0. The molecule has 0 unspecified atom stereocenters. The SMILES string of the molecule is Cc1ccc(NC(=O)CCNC(=O)C(c2ccccc2)c2ccccc2)cc1C. The number of rotatable bonds is 7. The average Bonchev–Trinajstić information content (AvgIpc) is 2.72.